The number of aromatic hydroxyl groups is 1. The molecular weight excluding hydrogens is 813 g/mol. The Labute approximate surface area is 370 Å². The molecule has 0 radical (unpaired) electrons. The Kier molecular flexibility index (Phi) is 21.4. The molecule has 0 spiro atoms. The number of nitrogens with one attached hydrogen (secondary N) is 2. The molecule has 0 atom stereocenters. The molecule has 63 heavy (non-hydrogen) atoms. The fraction of sp³-hybridized carbons (Fsp3) is 0.500. The van der Waals surface area contributed by atoms with Gasteiger partial charge in [0.15, 0.2) is 0 Å². The summed E-state index contributed by atoms with van der Waals surface area (Å²) in [5.41, 5.74) is 0.651. The lowest BCUT2D eigenvalue weighted by Crippen LogP contribution is -2.27. The summed E-state index contributed by atoms with van der Waals surface area (Å²) in [5, 5.41) is 15.4. The van der Waals surface area contributed by atoms with Crippen molar-refractivity contribution in [3.05, 3.63) is 89.0 Å². The Morgan fingerprint density at radius 1 is 0.413 bits per heavy atom. The molecule has 2 amide bonds. The summed E-state index contributed by atoms with van der Waals surface area (Å²) in [6.07, 6.45) is 8.63. The minimum Gasteiger partial charge on any atom is -0.508 e. The van der Waals surface area contributed by atoms with Crippen molar-refractivity contribution in [3.8, 4) is 5.75 Å². The maximum atomic E-state index is 12.7. The Balaban J connectivity index is 1.18. The zero-order valence-corrected chi connectivity index (χ0v) is 37.5. The maximum absolute atomic E-state index is 12.7. The summed E-state index contributed by atoms with van der Waals surface area (Å²) >= 11 is 0. The van der Waals surface area contributed by atoms with Gasteiger partial charge in [-0.25, -0.2) is 28.8 Å². The van der Waals surface area contributed by atoms with Gasteiger partial charge in [-0.2, -0.15) is 0 Å². The van der Waals surface area contributed by atoms with Crippen molar-refractivity contribution in [3.63, 3.8) is 0 Å². The minimum absolute atomic E-state index is 0.0566. The molecule has 3 aromatic carbocycles. The first-order valence-electron chi connectivity index (χ1n) is 21.6. The van der Waals surface area contributed by atoms with Gasteiger partial charge < -0.3 is 33.5 Å². The third-order valence-corrected chi connectivity index (χ3v) is 8.93. The molecule has 0 aromatic heterocycles. The van der Waals surface area contributed by atoms with Crippen molar-refractivity contribution in [2.45, 2.75) is 130 Å². The number of benzene rings is 3. The van der Waals surface area contributed by atoms with Crippen LogP contribution in [0.15, 0.2) is 66.7 Å². The van der Waals surface area contributed by atoms with E-state index in [1.165, 1.54) is 18.2 Å². The molecule has 3 N–H and O–H groups in total. The lowest BCUT2D eigenvalue weighted by molar-refractivity contribution is 0.0478. The van der Waals surface area contributed by atoms with Crippen LogP contribution in [0.25, 0.3) is 0 Å². The van der Waals surface area contributed by atoms with Gasteiger partial charge in [-0.3, -0.25) is 10.6 Å². The number of hydrogen-bond acceptors (Lipinski definition) is 13. The minimum atomic E-state index is -0.645. The highest BCUT2D eigenvalue weighted by molar-refractivity contribution is 5.96. The molecule has 0 unspecified atom stereocenters. The first kappa shape index (κ1) is 51.2. The fourth-order valence-electron chi connectivity index (χ4n) is 5.88. The number of unbranched alkanes of at least 4 members (excludes halogenated alkanes) is 10. The molecule has 0 bridgehead atoms. The highest BCUT2D eigenvalue weighted by Gasteiger charge is 2.19. The number of ether oxygens (including phenoxy) is 6. The van der Waals surface area contributed by atoms with E-state index in [0.717, 1.165) is 51.4 Å². The number of phenolic OH excluding ortho intramolecular Hbond substituents is 1. The normalized spacial score (nSPS) is 11.2. The predicted molar refractivity (Wildman–Crippen MR) is 237 cm³/mol. The standard InChI is InChI=1S/C48H64N2O13/c1-47(2,3)62-45(56)49-38-23-19-34(20-24-38)41(52)58-27-15-11-7-9-13-17-29-60-43(54)36-31-37(33-40(51)32-36)44(55)61-30-18-14-10-8-12-16-28-59-42(53)35-21-25-39(26-22-35)50-46(57)63-48(4,5)6/h19-26,31-33,51H,7-18,27-30H2,1-6H3,(H,49,56)(H,50,57). The van der Waals surface area contributed by atoms with E-state index in [0.29, 0.717) is 48.2 Å². The van der Waals surface area contributed by atoms with Crippen molar-refractivity contribution in [2.75, 3.05) is 37.1 Å². The molecule has 0 aliphatic carbocycles. The largest absolute Gasteiger partial charge is 0.508 e. The number of phenols is 1. The Morgan fingerprint density at radius 2 is 0.683 bits per heavy atom. The number of hydrogen-bond donors (Lipinski definition) is 3. The lowest BCUT2D eigenvalue weighted by atomic mass is 10.1. The molecule has 0 saturated heterocycles. The van der Waals surface area contributed by atoms with E-state index in [1.54, 1.807) is 90.1 Å². The molecule has 0 saturated carbocycles. The SMILES string of the molecule is CC(C)(C)OC(=O)Nc1ccc(C(=O)OCCCCCCCCOC(=O)c2cc(O)cc(C(=O)OCCCCCCCCOC(=O)c3ccc(NC(=O)OC(C)(C)C)cc3)c2)cc1. The summed E-state index contributed by atoms with van der Waals surface area (Å²) in [7, 11) is 0. The zero-order chi connectivity index (χ0) is 46.3. The molecule has 0 fully saturated rings. The first-order chi connectivity index (χ1) is 29.9. The summed E-state index contributed by atoms with van der Waals surface area (Å²) in [6.45, 7) is 11.6. The number of amides is 2. The van der Waals surface area contributed by atoms with E-state index in [-0.39, 0.29) is 43.3 Å². The van der Waals surface area contributed by atoms with E-state index in [9.17, 15) is 33.9 Å². The van der Waals surface area contributed by atoms with Crippen molar-refractivity contribution >= 4 is 47.4 Å². The van der Waals surface area contributed by atoms with Crippen molar-refractivity contribution in [1.29, 1.82) is 0 Å². The van der Waals surface area contributed by atoms with Crippen LogP contribution in [0.2, 0.25) is 0 Å². The highest BCUT2D eigenvalue weighted by Crippen LogP contribution is 2.20. The van der Waals surface area contributed by atoms with Crippen molar-refractivity contribution < 1.29 is 62.3 Å². The Morgan fingerprint density at radius 3 is 0.968 bits per heavy atom. The number of carbonyl (C=O) groups excluding carboxylic acids is 6. The van der Waals surface area contributed by atoms with E-state index in [4.69, 9.17) is 28.4 Å². The van der Waals surface area contributed by atoms with Gasteiger partial charge in [-0.1, -0.05) is 51.4 Å². The maximum Gasteiger partial charge on any atom is 0.412 e. The van der Waals surface area contributed by atoms with Gasteiger partial charge in [-0.15, -0.1) is 0 Å². The molecule has 0 aliphatic rings. The topological polar surface area (TPSA) is 202 Å². The molecule has 0 heterocycles. The van der Waals surface area contributed by atoms with Crippen LogP contribution < -0.4 is 10.6 Å². The van der Waals surface area contributed by atoms with Crippen molar-refractivity contribution in [1.82, 2.24) is 0 Å². The van der Waals surface area contributed by atoms with Gasteiger partial charge in [0.05, 0.1) is 48.7 Å². The Hall–Kier alpha value is -6.12. The monoisotopic (exact) mass is 876 g/mol. The second-order valence-electron chi connectivity index (χ2n) is 17.0. The Bertz CT molecular complexity index is 1800. The summed E-state index contributed by atoms with van der Waals surface area (Å²) < 4.78 is 31.9. The summed E-state index contributed by atoms with van der Waals surface area (Å²) in [4.78, 5) is 73.8. The third kappa shape index (κ3) is 22.0. The van der Waals surface area contributed by atoms with Crippen LogP contribution in [-0.4, -0.2) is 78.8 Å². The van der Waals surface area contributed by atoms with Gasteiger partial charge in [0.1, 0.15) is 17.0 Å². The first-order valence-corrected chi connectivity index (χ1v) is 21.6. The molecular formula is C48H64N2O13. The van der Waals surface area contributed by atoms with E-state index in [1.807, 2.05) is 0 Å². The van der Waals surface area contributed by atoms with Gasteiger partial charge in [0, 0.05) is 11.4 Å². The predicted octanol–water partition coefficient (Wildman–Crippen LogP) is 10.8. The van der Waals surface area contributed by atoms with Crippen LogP contribution in [0.1, 0.15) is 160 Å². The molecule has 0 aliphatic heterocycles. The number of carbonyl (C=O) groups is 6. The molecule has 15 heteroatoms. The van der Waals surface area contributed by atoms with E-state index < -0.39 is 47.3 Å². The van der Waals surface area contributed by atoms with Crippen LogP contribution >= 0.6 is 0 Å². The average molecular weight is 877 g/mol. The quantitative estimate of drug-likeness (QED) is 0.0436. The number of rotatable bonds is 24. The van der Waals surface area contributed by atoms with Gasteiger partial charge in [0.25, 0.3) is 0 Å². The molecule has 3 rings (SSSR count). The van der Waals surface area contributed by atoms with E-state index in [2.05, 4.69) is 10.6 Å². The van der Waals surface area contributed by atoms with E-state index >= 15 is 0 Å². The van der Waals surface area contributed by atoms with Crippen LogP contribution in [0, 0.1) is 0 Å². The number of esters is 4. The van der Waals surface area contributed by atoms with Gasteiger partial charge >= 0.3 is 36.1 Å². The van der Waals surface area contributed by atoms with Gasteiger partial charge in [-0.05, 0) is 134 Å². The third-order valence-electron chi connectivity index (χ3n) is 8.93. The summed E-state index contributed by atoms with van der Waals surface area (Å²) in [5.74, 6) is -2.41. The smallest absolute Gasteiger partial charge is 0.412 e. The average Bonchev–Trinajstić information content (AvgIpc) is 3.20. The fourth-order valence-corrected chi connectivity index (χ4v) is 5.88. The van der Waals surface area contributed by atoms with Crippen LogP contribution in [0.3, 0.4) is 0 Å². The zero-order valence-electron chi connectivity index (χ0n) is 37.5. The number of anilines is 2. The lowest BCUT2D eigenvalue weighted by Gasteiger charge is -2.19. The van der Waals surface area contributed by atoms with Crippen LogP contribution in [-0.2, 0) is 28.4 Å². The highest BCUT2D eigenvalue weighted by atomic mass is 16.6. The van der Waals surface area contributed by atoms with Crippen LogP contribution in [0.5, 0.6) is 5.75 Å². The van der Waals surface area contributed by atoms with Crippen LogP contribution in [0.4, 0.5) is 21.0 Å². The second-order valence-corrected chi connectivity index (χ2v) is 17.0. The summed E-state index contributed by atoms with van der Waals surface area (Å²) in [6, 6.07) is 16.6. The van der Waals surface area contributed by atoms with Crippen molar-refractivity contribution in [2.24, 2.45) is 0 Å². The molecule has 344 valence electrons. The molecule has 3 aromatic rings. The molecule has 15 nitrogen and oxygen atoms in total. The van der Waals surface area contributed by atoms with Gasteiger partial charge in [0.2, 0.25) is 0 Å². The second kappa shape index (κ2) is 26.4.